The van der Waals surface area contributed by atoms with Gasteiger partial charge in [-0.3, -0.25) is 4.79 Å². The van der Waals surface area contributed by atoms with Gasteiger partial charge in [-0.05, 0) is 27.9 Å². The third kappa shape index (κ3) is 4.07. The van der Waals surface area contributed by atoms with E-state index in [2.05, 4.69) is 40.0 Å². The summed E-state index contributed by atoms with van der Waals surface area (Å²) in [4.78, 5) is 13.0. The van der Waals surface area contributed by atoms with Crippen molar-refractivity contribution in [2.45, 2.75) is 19.4 Å². The average Bonchev–Trinajstić information content (AvgIpc) is 2.00. The van der Waals surface area contributed by atoms with Gasteiger partial charge in [-0.25, -0.2) is 0 Å². The van der Waals surface area contributed by atoms with Crippen molar-refractivity contribution in [3.8, 4) is 0 Å². The van der Waals surface area contributed by atoms with E-state index in [9.17, 15) is 4.79 Å². The molecule has 0 saturated carbocycles. The second kappa shape index (κ2) is 4.82. The average molecular weight is 237 g/mol. The van der Waals surface area contributed by atoms with Crippen molar-refractivity contribution in [1.29, 1.82) is 0 Å². The Labute approximate surface area is 82.6 Å². The van der Waals surface area contributed by atoms with Gasteiger partial charge >= 0.3 is 0 Å². The highest BCUT2D eigenvalue weighted by Gasteiger charge is 2.20. The predicted molar refractivity (Wildman–Crippen MR) is 54.6 cm³/mol. The predicted octanol–water partition coefficient (Wildman–Crippen LogP) is 0.838. The van der Waals surface area contributed by atoms with Crippen LogP contribution in [0.15, 0.2) is 0 Å². The molecule has 0 unspecified atom stereocenters. The third-order valence-corrected chi connectivity index (χ3v) is 2.56. The van der Waals surface area contributed by atoms with E-state index in [-0.39, 0.29) is 11.4 Å². The molecule has 0 atom stereocenters. The van der Waals surface area contributed by atoms with Gasteiger partial charge in [-0.1, -0.05) is 15.9 Å². The molecule has 1 amide bonds. The van der Waals surface area contributed by atoms with E-state index in [1.807, 2.05) is 14.1 Å². The van der Waals surface area contributed by atoms with E-state index in [1.165, 1.54) is 0 Å². The molecule has 0 radical (unpaired) electrons. The number of halogens is 1. The van der Waals surface area contributed by atoms with Gasteiger partial charge in [0.05, 0.1) is 5.33 Å². The zero-order valence-electron chi connectivity index (χ0n) is 8.15. The molecule has 0 spiro atoms. The van der Waals surface area contributed by atoms with E-state index in [4.69, 9.17) is 0 Å². The maximum atomic E-state index is 10.9. The highest BCUT2D eigenvalue weighted by molar-refractivity contribution is 9.09. The van der Waals surface area contributed by atoms with Gasteiger partial charge in [0.15, 0.2) is 0 Å². The summed E-state index contributed by atoms with van der Waals surface area (Å²) >= 11 is 3.09. The van der Waals surface area contributed by atoms with Crippen LogP contribution in [0.4, 0.5) is 0 Å². The third-order valence-electron chi connectivity index (χ3n) is 2.05. The zero-order chi connectivity index (χ0) is 9.78. The van der Waals surface area contributed by atoms with Crippen LogP contribution in [0.5, 0.6) is 0 Å². The number of carbonyl (C=O) groups is 1. The minimum Gasteiger partial charge on any atom is -0.354 e. The Balaban J connectivity index is 3.83. The van der Waals surface area contributed by atoms with Crippen LogP contribution < -0.4 is 5.32 Å². The fourth-order valence-corrected chi connectivity index (χ4v) is 0.718. The van der Waals surface area contributed by atoms with Crippen molar-refractivity contribution in [3.63, 3.8) is 0 Å². The monoisotopic (exact) mass is 236 g/mol. The molecule has 0 aromatic heterocycles. The molecule has 0 rings (SSSR count). The summed E-state index contributed by atoms with van der Waals surface area (Å²) in [6.07, 6.45) is 0. The SMILES string of the molecule is CN(C)C(C)(C)CNC(=O)CBr. The summed E-state index contributed by atoms with van der Waals surface area (Å²) in [5.74, 6) is 0.0323. The molecule has 0 heterocycles. The van der Waals surface area contributed by atoms with E-state index in [0.717, 1.165) is 0 Å². The van der Waals surface area contributed by atoms with E-state index in [0.29, 0.717) is 11.9 Å². The fraction of sp³-hybridized carbons (Fsp3) is 0.875. The summed E-state index contributed by atoms with van der Waals surface area (Å²) in [6, 6.07) is 0. The summed E-state index contributed by atoms with van der Waals surface area (Å²) in [5, 5.41) is 3.20. The van der Waals surface area contributed by atoms with E-state index in [1.54, 1.807) is 0 Å². The van der Waals surface area contributed by atoms with E-state index < -0.39 is 0 Å². The molecule has 12 heavy (non-hydrogen) atoms. The van der Waals surface area contributed by atoms with Crippen molar-refractivity contribution >= 4 is 21.8 Å². The second-order valence-corrected chi connectivity index (χ2v) is 4.18. The molecule has 0 bridgehead atoms. The Kier molecular flexibility index (Phi) is 4.78. The largest absolute Gasteiger partial charge is 0.354 e. The lowest BCUT2D eigenvalue weighted by atomic mass is 10.0. The molecular weight excluding hydrogens is 220 g/mol. The van der Waals surface area contributed by atoms with Crippen LogP contribution in [0.1, 0.15) is 13.8 Å². The molecule has 1 N–H and O–H groups in total. The fourth-order valence-electron chi connectivity index (χ4n) is 0.520. The molecule has 0 aromatic carbocycles. The van der Waals surface area contributed by atoms with Crippen molar-refractivity contribution in [2.24, 2.45) is 0 Å². The molecule has 0 fully saturated rings. The summed E-state index contributed by atoms with van der Waals surface area (Å²) in [6.45, 7) is 4.84. The van der Waals surface area contributed by atoms with E-state index >= 15 is 0 Å². The van der Waals surface area contributed by atoms with Gasteiger partial charge < -0.3 is 10.2 Å². The van der Waals surface area contributed by atoms with Gasteiger partial charge in [0.25, 0.3) is 0 Å². The highest BCUT2D eigenvalue weighted by Crippen LogP contribution is 2.07. The van der Waals surface area contributed by atoms with Crippen molar-refractivity contribution < 1.29 is 4.79 Å². The normalized spacial score (nSPS) is 11.8. The quantitative estimate of drug-likeness (QED) is 0.735. The molecule has 0 saturated heterocycles. The number of hydrogen-bond donors (Lipinski definition) is 1. The molecule has 3 nitrogen and oxygen atoms in total. The van der Waals surface area contributed by atoms with Gasteiger partial charge in [-0.15, -0.1) is 0 Å². The number of alkyl halides is 1. The highest BCUT2D eigenvalue weighted by atomic mass is 79.9. The van der Waals surface area contributed by atoms with Crippen LogP contribution in [0.25, 0.3) is 0 Å². The standard InChI is InChI=1S/C8H17BrN2O/c1-8(2,11(3)4)6-10-7(12)5-9/h5-6H2,1-4H3,(H,10,12). The van der Waals surface area contributed by atoms with Crippen LogP contribution in [0.2, 0.25) is 0 Å². The van der Waals surface area contributed by atoms with Crippen molar-refractivity contribution in [3.05, 3.63) is 0 Å². The molecule has 4 heteroatoms. The van der Waals surface area contributed by atoms with Crippen molar-refractivity contribution in [1.82, 2.24) is 10.2 Å². The molecule has 0 aliphatic rings. The zero-order valence-corrected chi connectivity index (χ0v) is 9.73. The van der Waals surface area contributed by atoms with Crippen LogP contribution in [0, 0.1) is 0 Å². The summed E-state index contributed by atoms with van der Waals surface area (Å²) in [7, 11) is 4.00. The first-order valence-electron chi connectivity index (χ1n) is 3.90. The lowest BCUT2D eigenvalue weighted by Crippen LogP contribution is -2.48. The Morgan fingerprint density at radius 1 is 1.50 bits per heavy atom. The number of rotatable bonds is 4. The Bertz CT molecular complexity index is 157. The number of hydrogen-bond acceptors (Lipinski definition) is 2. The lowest BCUT2D eigenvalue weighted by Gasteiger charge is -2.32. The summed E-state index contributed by atoms with van der Waals surface area (Å²) in [5.41, 5.74) is 0.0117. The number of nitrogens with zero attached hydrogens (tertiary/aromatic N) is 1. The molecular formula is C8H17BrN2O. The van der Waals surface area contributed by atoms with Gasteiger partial charge in [0.2, 0.25) is 5.91 Å². The topological polar surface area (TPSA) is 32.3 Å². The van der Waals surface area contributed by atoms with Crippen LogP contribution in [0.3, 0.4) is 0 Å². The Hall–Kier alpha value is -0.0900. The number of nitrogens with one attached hydrogen (secondary N) is 1. The second-order valence-electron chi connectivity index (χ2n) is 3.62. The minimum absolute atomic E-state index is 0.0117. The minimum atomic E-state index is 0.0117. The Morgan fingerprint density at radius 2 is 2.00 bits per heavy atom. The van der Waals surface area contributed by atoms with Gasteiger partial charge in [-0.2, -0.15) is 0 Å². The number of likely N-dealkylation sites (N-methyl/N-ethyl adjacent to an activating group) is 1. The maximum Gasteiger partial charge on any atom is 0.230 e. The summed E-state index contributed by atoms with van der Waals surface area (Å²) < 4.78 is 0. The first kappa shape index (κ1) is 11.9. The molecule has 0 aliphatic carbocycles. The first-order valence-corrected chi connectivity index (χ1v) is 5.02. The van der Waals surface area contributed by atoms with Crippen LogP contribution in [-0.2, 0) is 4.79 Å². The number of amides is 1. The van der Waals surface area contributed by atoms with Crippen molar-refractivity contribution in [2.75, 3.05) is 26.0 Å². The molecule has 72 valence electrons. The smallest absolute Gasteiger partial charge is 0.230 e. The first-order chi connectivity index (χ1) is 5.40. The lowest BCUT2D eigenvalue weighted by molar-refractivity contribution is -0.118. The van der Waals surface area contributed by atoms with Crippen LogP contribution >= 0.6 is 15.9 Å². The molecule has 0 aliphatic heterocycles. The van der Waals surface area contributed by atoms with Gasteiger partial charge in [0, 0.05) is 12.1 Å². The Morgan fingerprint density at radius 3 is 2.33 bits per heavy atom. The van der Waals surface area contributed by atoms with Crippen LogP contribution in [-0.4, -0.2) is 42.3 Å². The number of carbonyl (C=O) groups excluding carboxylic acids is 1. The van der Waals surface area contributed by atoms with Gasteiger partial charge in [0.1, 0.15) is 0 Å². The molecule has 0 aromatic rings. The maximum absolute atomic E-state index is 10.9.